The van der Waals surface area contributed by atoms with Crippen LogP contribution in [0.3, 0.4) is 0 Å². The Balaban J connectivity index is 2.12. The largest absolute Gasteiger partial charge is 0.459 e. The van der Waals surface area contributed by atoms with E-state index in [1.54, 1.807) is 18.2 Å². The summed E-state index contributed by atoms with van der Waals surface area (Å²) in [4.78, 5) is 0. The minimum Gasteiger partial charge on any atom is -0.459 e. The number of hydrogen-bond donors (Lipinski definition) is 1. The van der Waals surface area contributed by atoms with Crippen LogP contribution in [0, 0.1) is 12.7 Å². The number of nitrogens with two attached hydrogens (primary N) is 1. The van der Waals surface area contributed by atoms with Gasteiger partial charge in [-0.3, -0.25) is 0 Å². The molecule has 0 spiro atoms. The molecule has 0 aliphatic heterocycles. The van der Waals surface area contributed by atoms with Gasteiger partial charge in [0.15, 0.2) is 0 Å². The van der Waals surface area contributed by atoms with E-state index in [0.29, 0.717) is 16.4 Å². The van der Waals surface area contributed by atoms with Crippen LogP contribution < -0.4 is 5.73 Å². The van der Waals surface area contributed by atoms with Crippen LogP contribution in [0.15, 0.2) is 46.9 Å². The molecule has 0 radical (unpaired) electrons. The molecule has 1 heterocycles. The Hall–Kier alpha value is -1.84. The maximum atomic E-state index is 13.3. The average molecular weight is 290 g/mol. The van der Waals surface area contributed by atoms with Crippen molar-refractivity contribution in [3.8, 4) is 0 Å². The van der Waals surface area contributed by atoms with Crippen molar-refractivity contribution in [1.29, 1.82) is 0 Å². The van der Waals surface area contributed by atoms with Crippen molar-refractivity contribution in [2.24, 2.45) is 5.73 Å². The van der Waals surface area contributed by atoms with Gasteiger partial charge < -0.3 is 10.2 Å². The molecule has 0 saturated carbocycles. The first-order chi connectivity index (χ1) is 9.56. The summed E-state index contributed by atoms with van der Waals surface area (Å²) in [5, 5.41) is 1.37. The van der Waals surface area contributed by atoms with Crippen LogP contribution in [-0.4, -0.2) is 0 Å². The highest BCUT2D eigenvalue weighted by Crippen LogP contribution is 2.32. The van der Waals surface area contributed by atoms with Crippen molar-refractivity contribution in [2.45, 2.75) is 13.0 Å². The topological polar surface area (TPSA) is 39.2 Å². The number of aryl methyl sites for hydroxylation is 1. The van der Waals surface area contributed by atoms with Gasteiger partial charge in [-0.1, -0.05) is 23.7 Å². The minimum atomic E-state index is -0.427. The highest BCUT2D eigenvalue weighted by Gasteiger charge is 2.19. The van der Waals surface area contributed by atoms with E-state index < -0.39 is 6.04 Å². The van der Waals surface area contributed by atoms with Gasteiger partial charge in [0.2, 0.25) is 0 Å². The lowest BCUT2D eigenvalue weighted by molar-refractivity contribution is 0.520. The standard InChI is InChI=1S/C16H13ClFNO/c1-9-13-8-12(18)5-6-14(13)20-16(9)15(19)10-3-2-4-11(17)7-10/h2-8,15H,19H2,1H3. The molecule has 1 unspecified atom stereocenters. The highest BCUT2D eigenvalue weighted by atomic mass is 35.5. The van der Waals surface area contributed by atoms with Crippen LogP contribution in [0.4, 0.5) is 4.39 Å². The van der Waals surface area contributed by atoms with E-state index in [1.807, 2.05) is 19.1 Å². The highest BCUT2D eigenvalue weighted by molar-refractivity contribution is 6.30. The predicted octanol–water partition coefficient (Wildman–Crippen LogP) is 4.58. The van der Waals surface area contributed by atoms with Gasteiger partial charge in [0.25, 0.3) is 0 Å². The van der Waals surface area contributed by atoms with Gasteiger partial charge >= 0.3 is 0 Å². The van der Waals surface area contributed by atoms with E-state index in [9.17, 15) is 4.39 Å². The zero-order chi connectivity index (χ0) is 14.3. The van der Waals surface area contributed by atoms with E-state index in [2.05, 4.69) is 0 Å². The third kappa shape index (κ3) is 2.19. The average Bonchev–Trinajstić information content (AvgIpc) is 2.75. The fourth-order valence-corrected chi connectivity index (χ4v) is 2.56. The quantitative estimate of drug-likeness (QED) is 0.750. The number of rotatable bonds is 2. The lowest BCUT2D eigenvalue weighted by atomic mass is 10.0. The Morgan fingerprint density at radius 2 is 2.00 bits per heavy atom. The molecule has 0 aliphatic carbocycles. The summed E-state index contributed by atoms with van der Waals surface area (Å²) >= 11 is 5.98. The SMILES string of the molecule is Cc1c(C(N)c2cccc(Cl)c2)oc2ccc(F)cc12. The Morgan fingerprint density at radius 1 is 1.20 bits per heavy atom. The summed E-state index contributed by atoms with van der Waals surface area (Å²) in [6, 6.07) is 11.4. The van der Waals surface area contributed by atoms with Crippen molar-refractivity contribution < 1.29 is 8.81 Å². The molecular formula is C16H13ClFNO. The summed E-state index contributed by atoms with van der Waals surface area (Å²) < 4.78 is 19.1. The molecule has 0 amide bonds. The molecule has 0 bridgehead atoms. The van der Waals surface area contributed by atoms with Crippen molar-refractivity contribution in [2.75, 3.05) is 0 Å². The zero-order valence-electron chi connectivity index (χ0n) is 10.9. The van der Waals surface area contributed by atoms with E-state index in [0.717, 1.165) is 16.5 Å². The fraction of sp³-hybridized carbons (Fsp3) is 0.125. The van der Waals surface area contributed by atoms with Gasteiger partial charge in [-0.15, -0.1) is 0 Å². The van der Waals surface area contributed by atoms with E-state index in [1.165, 1.54) is 12.1 Å². The maximum absolute atomic E-state index is 13.3. The molecule has 20 heavy (non-hydrogen) atoms. The molecule has 0 saturated heterocycles. The summed E-state index contributed by atoms with van der Waals surface area (Å²) in [6.45, 7) is 1.88. The molecule has 102 valence electrons. The third-order valence-corrected chi connectivity index (χ3v) is 3.66. The third-order valence-electron chi connectivity index (χ3n) is 3.43. The minimum absolute atomic E-state index is 0.288. The first-order valence-electron chi connectivity index (χ1n) is 6.26. The van der Waals surface area contributed by atoms with Gasteiger partial charge in [-0.25, -0.2) is 4.39 Å². The molecule has 2 N–H and O–H groups in total. The Bertz CT molecular complexity index is 781. The second-order valence-corrected chi connectivity index (χ2v) is 5.20. The fourth-order valence-electron chi connectivity index (χ4n) is 2.36. The first kappa shape index (κ1) is 13.2. The smallest absolute Gasteiger partial charge is 0.134 e. The summed E-state index contributed by atoms with van der Waals surface area (Å²) in [6.07, 6.45) is 0. The van der Waals surface area contributed by atoms with Gasteiger partial charge in [0, 0.05) is 16.0 Å². The Morgan fingerprint density at radius 3 is 2.75 bits per heavy atom. The van der Waals surface area contributed by atoms with Crippen LogP contribution in [0.2, 0.25) is 5.02 Å². The molecule has 3 aromatic rings. The number of halogens is 2. The van der Waals surface area contributed by atoms with Crippen molar-refractivity contribution in [1.82, 2.24) is 0 Å². The van der Waals surface area contributed by atoms with Crippen molar-refractivity contribution in [3.05, 3.63) is 70.2 Å². The van der Waals surface area contributed by atoms with Gasteiger partial charge in [0.1, 0.15) is 17.2 Å². The molecule has 1 atom stereocenters. The van der Waals surface area contributed by atoms with Crippen LogP contribution >= 0.6 is 11.6 Å². The molecule has 1 aromatic heterocycles. The van der Waals surface area contributed by atoms with Crippen LogP contribution in [0.25, 0.3) is 11.0 Å². The number of furan rings is 1. The molecule has 0 fully saturated rings. The monoisotopic (exact) mass is 289 g/mol. The molecule has 0 aliphatic rings. The van der Waals surface area contributed by atoms with Crippen LogP contribution in [0.5, 0.6) is 0 Å². The van der Waals surface area contributed by atoms with Gasteiger partial charge in [-0.05, 0) is 42.8 Å². The molecule has 2 nitrogen and oxygen atoms in total. The predicted molar refractivity (Wildman–Crippen MR) is 78.4 cm³/mol. The first-order valence-corrected chi connectivity index (χ1v) is 6.63. The number of benzene rings is 2. The Labute approximate surface area is 121 Å². The summed E-state index contributed by atoms with van der Waals surface area (Å²) in [5.74, 6) is 0.345. The van der Waals surface area contributed by atoms with Gasteiger partial charge in [0.05, 0.1) is 6.04 Å². The summed E-state index contributed by atoms with van der Waals surface area (Å²) in [5.41, 5.74) is 8.59. The molecule has 2 aromatic carbocycles. The summed E-state index contributed by atoms with van der Waals surface area (Å²) in [7, 11) is 0. The maximum Gasteiger partial charge on any atom is 0.134 e. The van der Waals surface area contributed by atoms with E-state index in [-0.39, 0.29) is 5.82 Å². The molecule has 3 rings (SSSR count). The van der Waals surface area contributed by atoms with E-state index >= 15 is 0 Å². The van der Waals surface area contributed by atoms with Gasteiger partial charge in [-0.2, -0.15) is 0 Å². The Kier molecular flexibility index (Phi) is 3.24. The molecule has 4 heteroatoms. The van der Waals surface area contributed by atoms with Crippen molar-refractivity contribution >= 4 is 22.6 Å². The van der Waals surface area contributed by atoms with E-state index in [4.69, 9.17) is 21.8 Å². The lowest BCUT2D eigenvalue weighted by Crippen LogP contribution is -2.11. The zero-order valence-corrected chi connectivity index (χ0v) is 11.6. The van der Waals surface area contributed by atoms with Crippen molar-refractivity contribution in [3.63, 3.8) is 0 Å². The van der Waals surface area contributed by atoms with Crippen LogP contribution in [-0.2, 0) is 0 Å². The van der Waals surface area contributed by atoms with Crippen LogP contribution in [0.1, 0.15) is 22.9 Å². The lowest BCUT2D eigenvalue weighted by Gasteiger charge is -2.10. The number of hydrogen-bond acceptors (Lipinski definition) is 2. The second kappa shape index (κ2) is 4.93. The number of fused-ring (bicyclic) bond motifs is 1. The molecular weight excluding hydrogens is 277 g/mol. The second-order valence-electron chi connectivity index (χ2n) is 4.76. The normalized spacial score (nSPS) is 12.8.